The maximum absolute atomic E-state index is 6.11. The Labute approximate surface area is 92.1 Å². The molecule has 0 bridgehead atoms. The maximum atomic E-state index is 6.11. The smallest absolute Gasteiger partial charge is 0.104 e. The molecule has 0 amide bonds. The molecule has 0 atom stereocenters. The topological polar surface area (TPSA) is 15.6 Å². The highest BCUT2D eigenvalue weighted by atomic mass is 35.5. The molecule has 0 unspecified atom stereocenters. The summed E-state index contributed by atoms with van der Waals surface area (Å²) in [6, 6.07) is 6.67. The van der Waals surface area contributed by atoms with Gasteiger partial charge in [-0.3, -0.25) is 0 Å². The van der Waals surface area contributed by atoms with Crippen LogP contribution in [-0.4, -0.2) is 12.4 Å². The van der Waals surface area contributed by atoms with Crippen molar-refractivity contribution in [3.8, 4) is 0 Å². The van der Waals surface area contributed by atoms with Crippen molar-refractivity contribution >= 4 is 35.6 Å². The van der Waals surface area contributed by atoms with E-state index in [9.17, 15) is 0 Å². The molecule has 0 N–H and O–H groups in total. The number of benzene rings is 1. The molecule has 3 rings (SSSR count). The summed E-state index contributed by atoms with van der Waals surface area (Å²) in [5, 5.41) is 0.801. The predicted molar refractivity (Wildman–Crippen MR) is 61.3 cm³/mol. The first-order chi connectivity index (χ1) is 6.86. The molecule has 0 radical (unpaired) electrons. The summed E-state index contributed by atoms with van der Waals surface area (Å²) in [7, 11) is 0. The zero-order chi connectivity index (χ0) is 9.54. The van der Waals surface area contributed by atoms with E-state index in [-0.39, 0.29) is 0 Å². The van der Waals surface area contributed by atoms with Crippen LogP contribution < -0.4 is 4.90 Å². The van der Waals surface area contributed by atoms with Gasteiger partial charge in [0.1, 0.15) is 6.34 Å². The fourth-order valence-electron chi connectivity index (χ4n) is 1.62. The third-order valence-electron chi connectivity index (χ3n) is 2.48. The van der Waals surface area contributed by atoms with E-state index in [1.165, 1.54) is 30.5 Å². The van der Waals surface area contributed by atoms with Crippen molar-refractivity contribution in [1.29, 1.82) is 0 Å². The third-order valence-corrected chi connectivity index (χ3v) is 3.72. The first-order valence-corrected chi connectivity index (χ1v) is 5.79. The molecule has 1 aliphatic heterocycles. The fourth-order valence-corrected chi connectivity index (χ4v) is 2.57. The number of hydrogen-bond donors (Lipinski definition) is 0. The Morgan fingerprint density at radius 1 is 1.43 bits per heavy atom. The van der Waals surface area contributed by atoms with Crippen molar-refractivity contribution in [1.82, 2.24) is 0 Å². The minimum atomic E-state index is 0.650. The molecule has 72 valence electrons. The van der Waals surface area contributed by atoms with Gasteiger partial charge in [0.25, 0.3) is 0 Å². The largest absolute Gasteiger partial charge is 0.328 e. The average Bonchev–Trinajstić information content (AvgIpc) is 3.01. The molecule has 1 aliphatic carbocycles. The summed E-state index contributed by atoms with van der Waals surface area (Å²) in [5.74, 6) is 0. The lowest BCUT2D eigenvalue weighted by Crippen LogP contribution is -2.25. The van der Waals surface area contributed by atoms with Gasteiger partial charge in [-0.15, -0.1) is 0 Å². The lowest BCUT2D eigenvalue weighted by Gasteiger charge is -2.24. The number of nitrogens with zero attached hydrogens (tertiary/aromatic N) is 2. The molecule has 1 saturated carbocycles. The van der Waals surface area contributed by atoms with E-state index < -0.39 is 0 Å². The van der Waals surface area contributed by atoms with Crippen LogP contribution in [0.2, 0.25) is 5.02 Å². The van der Waals surface area contributed by atoms with Crippen molar-refractivity contribution in [3.63, 3.8) is 0 Å². The quantitative estimate of drug-likeness (QED) is 0.680. The predicted octanol–water partition coefficient (Wildman–Crippen LogP) is 3.36. The second-order valence-corrected chi connectivity index (χ2v) is 4.75. The molecule has 0 aromatic heterocycles. The number of halogens is 1. The van der Waals surface area contributed by atoms with Crippen LogP contribution in [0.1, 0.15) is 12.8 Å². The summed E-state index contributed by atoms with van der Waals surface area (Å²) in [6.07, 6.45) is 4.45. The van der Waals surface area contributed by atoms with Gasteiger partial charge in [-0.1, -0.05) is 17.7 Å². The second kappa shape index (κ2) is 3.17. The molecule has 4 heteroatoms. The van der Waals surface area contributed by atoms with E-state index in [1.54, 1.807) is 0 Å². The summed E-state index contributed by atoms with van der Waals surface area (Å²) in [6.45, 7) is 0. The minimum Gasteiger partial charge on any atom is -0.328 e. The molecule has 0 spiro atoms. The van der Waals surface area contributed by atoms with Crippen LogP contribution in [0.25, 0.3) is 0 Å². The molecular weight excluding hydrogens is 216 g/mol. The summed E-state index contributed by atoms with van der Waals surface area (Å²) >= 11 is 7.57. The Kier molecular flexibility index (Phi) is 1.96. The molecule has 1 aromatic rings. The van der Waals surface area contributed by atoms with Gasteiger partial charge in [0, 0.05) is 18.0 Å². The number of anilines is 1. The maximum Gasteiger partial charge on any atom is 0.104 e. The lowest BCUT2D eigenvalue weighted by molar-refractivity contribution is 0.997. The van der Waals surface area contributed by atoms with E-state index in [0.29, 0.717) is 6.04 Å². The van der Waals surface area contributed by atoms with Gasteiger partial charge in [0.2, 0.25) is 0 Å². The standard InChI is InChI=1S/C10H9ClN2S/c11-8-2-1-3-9-10(8)14-12-6-13(9)7-4-5-7/h1-3,6-7H,4-5H2. The van der Waals surface area contributed by atoms with E-state index in [1.807, 2.05) is 18.5 Å². The van der Waals surface area contributed by atoms with Gasteiger partial charge in [0.15, 0.2) is 0 Å². The van der Waals surface area contributed by atoms with Crippen LogP contribution in [0.15, 0.2) is 27.5 Å². The number of hydrogen-bond acceptors (Lipinski definition) is 3. The van der Waals surface area contributed by atoms with Crippen LogP contribution in [-0.2, 0) is 0 Å². The summed E-state index contributed by atoms with van der Waals surface area (Å²) in [4.78, 5) is 3.32. The van der Waals surface area contributed by atoms with Crippen molar-refractivity contribution in [2.45, 2.75) is 23.8 Å². The monoisotopic (exact) mass is 224 g/mol. The van der Waals surface area contributed by atoms with Crippen LogP contribution in [0.4, 0.5) is 5.69 Å². The molecule has 1 aromatic carbocycles. The summed E-state index contributed by atoms with van der Waals surface area (Å²) in [5.41, 5.74) is 1.21. The van der Waals surface area contributed by atoms with Gasteiger partial charge in [-0.05, 0) is 25.0 Å². The molecule has 1 heterocycles. The van der Waals surface area contributed by atoms with Crippen LogP contribution in [0.5, 0.6) is 0 Å². The molecule has 2 aliphatic rings. The Morgan fingerprint density at radius 3 is 3.07 bits per heavy atom. The van der Waals surface area contributed by atoms with Gasteiger partial charge in [-0.25, -0.2) is 4.40 Å². The first-order valence-electron chi connectivity index (χ1n) is 4.63. The minimum absolute atomic E-state index is 0.650. The van der Waals surface area contributed by atoms with Crippen molar-refractivity contribution in [3.05, 3.63) is 23.2 Å². The van der Waals surface area contributed by atoms with Crippen molar-refractivity contribution in [2.24, 2.45) is 4.40 Å². The van der Waals surface area contributed by atoms with E-state index in [0.717, 1.165) is 9.92 Å². The van der Waals surface area contributed by atoms with Crippen LogP contribution in [0, 0.1) is 0 Å². The van der Waals surface area contributed by atoms with Gasteiger partial charge in [0.05, 0.1) is 15.6 Å². The normalized spacial score (nSPS) is 19.6. The van der Waals surface area contributed by atoms with Crippen LogP contribution >= 0.6 is 23.5 Å². The summed E-state index contributed by atoms with van der Waals surface area (Å²) < 4.78 is 4.26. The highest BCUT2D eigenvalue weighted by Gasteiger charge is 2.31. The van der Waals surface area contributed by atoms with Crippen LogP contribution in [0.3, 0.4) is 0 Å². The molecular formula is C10H9ClN2S. The van der Waals surface area contributed by atoms with E-state index >= 15 is 0 Å². The van der Waals surface area contributed by atoms with Crippen molar-refractivity contribution < 1.29 is 0 Å². The highest BCUT2D eigenvalue weighted by molar-refractivity contribution is 7.98. The molecule has 0 saturated heterocycles. The Balaban J connectivity index is 2.08. The third kappa shape index (κ3) is 1.31. The zero-order valence-corrected chi connectivity index (χ0v) is 9.05. The Hall–Kier alpha value is -0.670. The first kappa shape index (κ1) is 8.62. The van der Waals surface area contributed by atoms with Gasteiger partial charge < -0.3 is 4.90 Å². The highest BCUT2D eigenvalue weighted by Crippen LogP contribution is 2.43. The number of rotatable bonds is 1. The SMILES string of the molecule is Clc1cccc2c1SN=CN2C1CC1. The molecule has 1 fully saturated rings. The van der Waals surface area contributed by atoms with E-state index in [2.05, 4.69) is 15.4 Å². The van der Waals surface area contributed by atoms with Gasteiger partial charge >= 0.3 is 0 Å². The zero-order valence-electron chi connectivity index (χ0n) is 7.48. The second-order valence-electron chi connectivity index (χ2n) is 3.54. The molecule has 14 heavy (non-hydrogen) atoms. The van der Waals surface area contributed by atoms with Crippen molar-refractivity contribution in [2.75, 3.05) is 4.90 Å². The number of fused-ring (bicyclic) bond motifs is 1. The Bertz CT molecular complexity index is 401. The molecule has 2 nitrogen and oxygen atoms in total. The van der Waals surface area contributed by atoms with Gasteiger partial charge in [-0.2, -0.15) is 0 Å². The lowest BCUT2D eigenvalue weighted by atomic mass is 10.3. The average molecular weight is 225 g/mol. The fraction of sp³-hybridized carbons (Fsp3) is 0.300. The van der Waals surface area contributed by atoms with E-state index in [4.69, 9.17) is 11.6 Å². The Morgan fingerprint density at radius 2 is 2.29 bits per heavy atom.